The summed E-state index contributed by atoms with van der Waals surface area (Å²) in [5.41, 5.74) is 0. The Morgan fingerprint density at radius 1 is 1.45 bits per heavy atom. The number of aromatic nitrogens is 3. The number of morpholine rings is 1. The highest BCUT2D eigenvalue weighted by Crippen LogP contribution is 2.19. The minimum atomic E-state index is -0.533. The molecule has 2 atom stereocenters. The first-order valence-electron chi connectivity index (χ1n) is 7.80. The number of hydrogen-bond donors (Lipinski definition) is 2. The van der Waals surface area contributed by atoms with Crippen LogP contribution in [0, 0.1) is 6.92 Å². The summed E-state index contributed by atoms with van der Waals surface area (Å²) >= 11 is 0. The van der Waals surface area contributed by atoms with Gasteiger partial charge in [-0.2, -0.15) is 5.10 Å². The van der Waals surface area contributed by atoms with E-state index in [1.807, 2.05) is 6.92 Å². The molecule has 0 aromatic carbocycles. The Hall–Kier alpha value is -1.51. The van der Waals surface area contributed by atoms with Crippen molar-refractivity contribution in [2.24, 2.45) is 0 Å². The van der Waals surface area contributed by atoms with Crippen LogP contribution < -0.4 is 0 Å². The van der Waals surface area contributed by atoms with Crippen LogP contribution in [0.3, 0.4) is 0 Å². The number of hydrogen-bond acceptors (Lipinski definition) is 6. The molecule has 1 aromatic heterocycles. The predicted molar refractivity (Wildman–Crippen MR) is 78.1 cm³/mol. The number of carbonyl (C=O) groups excluding carboxylic acids is 1. The largest absolute Gasteiger partial charge is 0.390 e. The van der Waals surface area contributed by atoms with Crippen molar-refractivity contribution in [1.29, 1.82) is 0 Å². The number of carbonyl (C=O) groups is 1. The number of β-amino-alcohol motifs (C(OH)–C–C–N with tert-alkyl or cyclic N) is 1. The number of likely N-dealkylation sites (tertiary alicyclic amines) is 1. The predicted octanol–water partition coefficient (Wildman–Crippen LogP) is -0.530. The van der Waals surface area contributed by atoms with Gasteiger partial charge in [-0.3, -0.25) is 14.8 Å². The lowest BCUT2D eigenvalue weighted by atomic mass is 10.2. The molecule has 2 N–H and O–H groups in total. The summed E-state index contributed by atoms with van der Waals surface area (Å²) in [5, 5.41) is 17.2. The van der Waals surface area contributed by atoms with Crippen molar-refractivity contribution in [3.8, 4) is 0 Å². The normalized spacial score (nSPS) is 24.9. The topological polar surface area (TPSA) is 94.6 Å². The molecule has 0 saturated carbocycles. The third kappa shape index (κ3) is 3.63. The number of aryl methyl sites for hydroxylation is 1. The lowest BCUT2D eigenvalue weighted by Gasteiger charge is -2.33. The Morgan fingerprint density at radius 3 is 3.00 bits per heavy atom. The molecule has 2 aliphatic heterocycles. The molecule has 3 rings (SSSR count). The molecule has 0 aliphatic carbocycles. The van der Waals surface area contributed by atoms with Crippen LogP contribution in [-0.4, -0.2) is 81.4 Å². The number of aliphatic hydroxyl groups excluding tert-OH is 1. The molecule has 0 radical (unpaired) electrons. The van der Waals surface area contributed by atoms with E-state index in [1.54, 1.807) is 4.90 Å². The molecule has 2 fully saturated rings. The number of amides is 1. The number of aromatic amines is 1. The zero-order valence-corrected chi connectivity index (χ0v) is 12.9. The molecule has 1 amide bonds. The Morgan fingerprint density at radius 2 is 2.32 bits per heavy atom. The second-order valence-electron chi connectivity index (χ2n) is 6.00. The van der Waals surface area contributed by atoms with E-state index in [1.165, 1.54) is 0 Å². The van der Waals surface area contributed by atoms with Gasteiger partial charge in [0.25, 0.3) is 0 Å². The Bertz CT molecular complexity index is 520. The summed E-state index contributed by atoms with van der Waals surface area (Å²) in [6.07, 6.45) is 0.806. The van der Waals surface area contributed by atoms with E-state index in [0.717, 1.165) is 25.3 Å². The third-order valence-corrected chi connectivity index (χ3v) is 4.12. The fraction of sp³-hybridized carbons (Fsp3) is 0.786. The summed E-state index contributed by atoms with van der Waals surface area (Å²) < 4.78 is 5.71. The van der Waals surface area contributed by atoms with Gasteiger partial charge < -0.3 is 14.7 Å². The van der Waals surface area contributed by atoms with E-state index in [-0.39, 0.29) is 12.0 Å². The molecular formula is C14H23N5O3. The molecule has 0 bridgehead atoms. The summed E-state index contributed by atoms with van der Waals surface area (Å²) in [7, 11) is 0. The summed E-state index contributed by atoms with van der Waals surface area (Å²) in [6.45, 7) is 5.58. The van der Waals surface area contributed by atoms with Crippen LogP contribution in [0.2, 0.25) is 0 Å². The number of nitrogens with one attached hydrogen (secondary N) is 1. The van der Waals surface area contributed by atoms with E-state index in [4.69, 9.17) is 4.74 Å². The molecule has 122 valence electrons. The molecule has 2 saturated heterocycles. The first kappa shape index (κ1) is 15.4. The van der Waals surface area contributed by atoms with Gasteiger partial charge in [-0.1, -0.05) is 0 Å². The van der Waals surface area contributed by atoms with Crippen LogP contribution in [-0.2, 0) is 9.53 Å². The first-order valence-corrected chi connectivity index (χ1v) is 7.80. The number of ether oxygens (including phenoxy) is 1. The first-order chi connectivity index (χ1) is 10.6. The molecule has 0 unspecified atom stereocenters. The highest BCUT2D eigenvalue weighted by Gasteiger charge is 2.28. The number of H-pyrrole nitrogens is 1. The molecule has 2 aliphatic rings. The van der Waals surface area contributed by atoms with Crippen LogP contribution >= 0.6 is 0 Å². The zero-order chi connectivity index (χ0) is 15.5. The van der Waals surface area contributed by atoms with Crippen molar-refractivity contribution in [2.45, 2.75) is 32.0 Å². The fourth-order valence-electron chi connectivity index (χ4n) is 3.04. The van der Waals surface area contributed by atoms with Gasteiger partial charge in [0.15, 0.2) is 5.82 Å². The number of nitrogens with zero attached hydrogens (tertiary/aromatic N) is 4. The van der Waals surface area contributed by atoms with E-state index in [9.17, 15) is 9.90 Å². The second kappa shape index (κ2) is 6.72. The standard InChI is InChI=1S/C14H23N5O3/c1-10-15-14(17-16-10)12-9-18(5-6-22-12)7-11(20)8-19-4-2-3-13(19)21/h11-12,20H,2-9H2,1H3,(H,15,16,17)/t11-,12-/m1/s1. The van der Waals surface area contributed by atoms with Crippen molar-refractivity contribution in [2.75, 3.05) is 39.3 Å². The van der Waals surface area contributed by atoms with Gasteiger partial charge in [-0.05, 0) is 13.3 Å². The van der Waals surface area contributed by atoms with Crippen molar-refractivity contribution in [1.82, 2.24) is 25.0 Å². The maximum absolute atomic E-state index is 11.6. The summed E-state index contributed by atoms with van der Waals surface area (Å²) in [4.78, 5) is 19.8. The summed E-state index contributed by atoms with van der Waals surface area (Å²) in [5.74, 6) is 1.57. The van der Waals surface area contributed by atoms with Gasteiger partial charge in [0.1, 0.15) is 11.9 Å². The van der Waals surface area contributed by atoms with E-state index < -0.39 is 6.10 Å². The van der Waals surface area contributed by atoms with E-state index >= 15 is 0 Å². The van der Waals surface area contributed by atoms with Gasteiger partial charge in [0.05, 0.1) is 12.7 Å². The molecule has 1 aromatic rings. The zero-order valence-electron chi connectivity index (χ0n) is 12.9. The number of rotatable bonds is 5. The lowest BCUT2D eigenvalue weighted by Crippen LogP contribution is -2.45. The maximum Gasteiger partial charge on any atom is 0.222 e. The van der Waals surface area contributed by atoms with Crippen LogP contribution in [0.5, 0.6) is 0 Å². The van der Waals surface area contributed by atoms with E-state index in [2.05, 4.69) is 20.1 Å². The molecular weight excluding hydrogens is 286 g/mol. The second-order valence-corrected chi connectivity index (χ2v) is 6.00. The Balaban J connectivity index is 1.50. The van der Waals surface area contributed by atoms with Gasteiger partial charge in [0.2, 0.25) is 5.91 Å². The van der Waals surface area contributed by atoms with Crippen molar-refractivity contribution in [3.63, 3.8) is 0 Å². The highest BCUT2D eigenvalue weighted by molar-refractivity contribution is 5.78. The summed E-state index contributed by atoms with van der Waals surface area (Å²) in [6, 6.07) is 0. The Kier molecular flexibility index (Phi) is 4.70. The maximum atomic E-state index is 11.6. The van der Waals surface area contributed by atoms with Crippen LogP contribution in [0.4, 0.5) is 0 Å². The minimum Gasteiger partial charge on any atom is -0.390 e. The molecule has 8 heteroatoms. The van der Waals surface area contributed by atoms with Gasteiger partial charge >= 0.3 is 0 Å². The monoisotopic (exact) mass is 309 g/mol. The average molecular weight is 309 g/mol. The van der Waals surface area contributed by atoms with Crippen molar-refractivity contribution >= 4 is 5.91 Å². The third-order valence-electron chi connectivity index (χ3n) is 4.12. The van der Waals surface area contributed by atoms with Crippen LogP contribution in [0.25, 0.3) is 0 Å². The SMILES string of the molecule is Cc1nc([C@H]2CN(C[C@@H](O)CN3CCCC3=O)CCO2)n[nH]1. The highest BCUT2D eigenvalue weighted by atomic mass is 16.5. The number of aliphatic hydroxyl groups is 1. The molecule has 3 heterocycles. The van der Waals surface area contributed by atoms with Gasteiger partial charge in [-0.25, -0.2) is 4.98 Å². The van der Waals surface area contributed by atoms with Gasteiger partial charge in [0, 0.05) is 39.1 Å². The van der Waals surface area contributed by atoms with Crippen molar-refractivity contribution < 1.29 is 14.6 Å². The fourth-order valence-corrected chi connectivity index (χ4v) is 3.04. The molecule has 0 spiro atoms. The van der Waals surface area contributed by atoms with Gasteiger partial charge in [-0.15, -0.1) is 0 Å². The Labute approximate surface area is 129 Å². The van der Waals surface area contributed by atoms with E-state index in [0.29, 0.717) is 38.5 Å². The van der Waals surface area contributed by atoms with Crippen molar-refractivity contribution in [3.05, 3.63) is 11.6 Å². The average Bonchev–Trinajstić information content (AvgIpc) is 3.09. The lowest BCUT2D eigenvalue weighted by molar-refractivity contribution is -0.129. The molecule has 8 nitrogen and oxygen atoms in total. The van der Waals surface area contributed by atoms with Crippen LogP contribution in [0.15, 0.2) is 0 Å². The molecule has 22 heavy (non-hydrogen) atoms. The van der Waals surface area contributed by atoms with Crippen LogP contribution in [0.1, 0.15) is 30.6 Å². The minimum absolute atomic E-state index is 0.148. The quantitative estimate of drug-likeness (QED) is 0.759. The smallest absolute Gasteiger partial charge is 0.222 e.